The molecule has 4 bridgehead atoms. The topological polar surface area (TPSA) is 29.1 Å². The number of thioether (sulfide) groups is 1. The SMILES string of the molecule is Cc1ccccc1CSCC(=O)N[C@@H](C)C12CC3CC(CC(C3)C1)C2. The zero-order chi connectivity index (χ0) is 17.4. The van der Waals surface area contributed by atoms with Gasteiger partial charge in [0, 0.05) is 11.8 Å². The van der Waals surface area contributed by atoms with Crippen LogP contribution < -0.4 is 5.32 Å². The molecule has 0 radical (unpaired) electrons. The van der Waals surface area contributed by atoms with Crippen molar-refractivity contribution in [3.63, 3.8) is 0 Å². The predicted molar refractivity (Wildman–Crippen MR) is 106 cm³/mol. The van der Waals surface area contributed by atoms with E-state index in [2.05, 4.69) is 43.4 Å². The van der Waals surface area contributed by atoms with Crippen molar-refractivity contribution >= 4 is 17.7 Å². The number of hydrogen-bond donors (Lipinski definition) is 1. The average molecular weight is 358 g/mol. The molecule has 5 rings (SSSR count). The standard InChI is InChI=1S/C22H31NOS/c1-15-5-3-4-6-20(15)13-25-14-21(24)23-16(2)22-10-17-7-18(11-22)9-19(8-17)12-22/h3-6,16-19H,7-14H2,1-2H3,(H,23,24)/t16-,17?,18?,19?,22?/m0/s1. The van der Waals surface area contributed by atoms with E-state index >= 15 is 0 Å². The molecule has 2 nitrogen and oxygen atoms in total. The number of carbonyl (C=O) groups excluding carboxylic acids is 1. The second-order valence-electron chi connectivity index (χ2n) is 8.99. The van der Waals surface area contributed by atoms with E-state index in [1.807, 2.05) is 0 Å². The van der Waals surface area contributed by atoms with E-state index in [1.54, 1.807) is 11.8 Å². The fraction of sp³-hybridized carbons (Fsp3) is 0.682. The monoisotopic (exact) mass is 357 g/mol. The first-order valence-electron chi connectivity index (χ1n) is 9.96. The van der Waals surface area contributed by atoms with E-state index in [0.29, 0.717) is 17.2 Å². The van der Waals surface area contributed by atoms with Crippen molar-refractivity contribution in [1.29, 1.82) is 0 Å². The van der Waals surface area contributed by atoms with E-state index in [-0.39, 0.29) is 5.91 Å². The van der Waals surface area contributed by atoms with Gasteiger partial charge < -0.3 is 5.32 Å². The Labute approximate surface area is 156 Å². The number of hydrogen-bond acceptors (Lipinski definition) is 2. The van der Waals surface area contributed by atoms with Gasteiger partial charge >= 0.3 is 0 Å². The molecule has 1 aromatic rings. The van der Waals surface area contributed by atoms with Crippen LogP contribution in [-0.2, 0) is 10.5 Å². The second-order valence-corrected chi connectivity index (χ2v) is 9.97. The van der Waals surface area contributed by atoms with Crippen LogP contribution in [0.15, 0.2) is 24.3 Å². The highest BCUT2D eigenvalue weighted by molar-refractivity contribution is 7.99. The maximum atomic E-state index is 12.5. The van der Waals surface area contributed by atoms with Crippen LogP contribution in [-0.4, -0.2) is 17.7 Å². The fourth-order valence-electron chi connectivity index (χ4n) is 6.17. The molecule has 4 fully saturated rings. The molecule has 1 aromatic carbocycles. The maximum Gasteiger partial charge on any atom is 0.230 e. The van der Waals surface area contributed by atoms with Crippen molar-refractivity contribution in [2.45, 2.75) is 64.2 Å². The number of aryl methyl sites for hydroxylation is 1. The molecule has 3 heteroatoms. The van der Waals surface area contributed by atoms with Gasteiger partial charge in [-0.05, 0) is 86.7 Å². The molecule has 25 heavy (non-hydrogen) atoms. The van der Waals surface area contributed by atoms with E-state index in [1.165, 1.54) is 49.7 Å². The molecule has 4 aliphatic rings. The highest BCUT2D eigenvalue weighted by Gasteiger charge is 2.53. The summed E-state index contributed by atoms with van der Waals surface area (Å²) in [5, 5.41) is 3.38. The molecule has 136 valence electrons. The summed E-state index contributed by atoms with van der Waals surface area (Å²) in [6.07, 6.45) is 8.47. The van der Waals surface area contributed by atoms with Crippen molar-refractivity contribution in [2.75, 3.05) is 5.75 Å². The van der Waals surface area contributed by atoms with Gasteiger partial charge in [0.1, 0.15) is 0 Å². The highest BCUT2D eigenvalue weighted by atomic mass is 32.2. The Kier molecular flexibility index (Phi) is 4.87. The number of benzene rings is 1. The molecule has 0 aromatic heterocycles. The lowest BCUT2D eigenvalue weighted by Crippen LogP contribution is -2.56. The molecule has 1 N–H and O–H groups in total. The zero-order valence-corrected chi connectivity index (χ0v) is 16.4. The Morgan fingerprint density at radius 1 is 1.16 bits per heavy atom. The Morgan fingerprint density at radius 3 is 2.36 bits per heavy atom. The Morgan fingerprint density at radius 2 is 1.76 bits per heavy atom. The molecule has 0 spiro atoms. The molecule has 0 aliphatic heterocycles. The molecule has 4 aliphatic carbocycles. The predicted octanol–water partition coefficient (Wildman–Crippen LogP) is 4.95. The lowest BCUT2D eigenvalue weighted by Gasteiger charge is -2.59. The van der Waals surface area contributed by atoms with Crippen LogP contribution in [0.2, 0.25) is 0 Å². The van der Waals surface area contributed by atoms with Crippen LogP contribution in [0.25, 0.3) is 0 Å². The van der Waals surface area contributed by atoms with E-state index in [0.717, 1.165) is 23.5 Å². The molecule has 0 saturated heterocycles. The Balaban J connectivity index is 1.28. The molecule has 0 unspecified atom stereocenters. The van der Waals surface area contributed by atoms with Crippen LogP contribution in [0, 0.1) is 30.1 Å². The summed E-state index contributed by atoms with van der Waals surface area (Å²) in [7, 11) is 0. The van der Waals surface area contributed by atoms with E-state index in [9.17, 15) is 4.79 Å². The summed E-state index contributed by atoms with van der Waals surface area (Å²) < 4.78 is 0. The van der Waals surface area contributed by atoms with Gasteiger partial charge in [-0.3, -0.25) is 4.79 Å². The average Bonchev–Trinajstić information content (AvgIpc) is 2.55. The number of rotatable bonds is 6. The minimum absolute atomic E-state index is 0.224. The third kappa shape index (κ3) is 3.63. The van der Waals surface area contributed by atoms with E-state index < -0.39 is 0 Å². The molecular weight excluding hydrogens is 326 g/mol. The van der Waals surface area contributed by atoms with Gasteiger partial charge in [0.15, 0.2) is 0 Å². The van der Waals surface area contributed by atoms with Gasteiger partial charge in [-0.2, -0.15) is 0 Å². The molecular formula is C22H31NOS. The quantitative estimate of drug-likeness (QED) is 0.780. The van der Waals surface area contributed by atoms with Crippen molar-refractivity contribution in [3.05, 3.63) is 35.4 Å². The van der Waals surface area contributed by atoms with Crippen molar-refractivity contribution in [2.24, 2.45) is 23.2 Å². The van der Waals surface area contributed by atoms with Gasteiger partial charge in [0.05, 0.1) is 5.75 Å². The normalized spacial score (nSPS) is 34.1. The first-order chi connectivity index (χ1) is 12.0. The third-order valence-corrected chi connectivity index (χ3v) is 8.12. The zero-order valence-electron chi connectivity index (χ0n) is 15.6. The summed E-state index contributed by atoms with van der Waals surface area (Å²) >= 11 is 1.74. The molecule has 1 amide bonds. The van der Waals surface area contributed by atoms with Gasteiger partial charge in [-0.25, -0.2) is 0 Å². The smallest absolute Gasteiger partial charge is 0.230 e. The van der Waals surface area contributed by atoms with Crippen LogP contribution >= 0.6 is 11.8 Å². The fourth-order valence-corrected chi connectivity index (χ4v) is 7.08. The summed E-state index contributed by atoms with van der Waals surface area (Å²) in [4.78, 5) is 12.5. The van der Waals surface area contributed by atoms with Gasteiger partial charge in [-0.15, -0.1) is 11.8 Å². The van der Waals surface area contributed by atoms with Gasteiger partial charge in [0.25, 0.3) is 0 Å². The van der Waals surface area contributed by atoms with Crippen molar-refractivity contribution < 1.29 is 4.79 Å². The van der Waals surface area contributed by atoms with Crippen LogP contribution in [0.4, 0.5) is 0 Å². The lowest BCUT2D eigenvalue weighted by atomic mass is 9.48. The Bertz CT molecular complexity index is 605. The third-order valence-electron chi connectivity index (χ3n) is 7.13. The molecule has 4 saturated carbocycles. The van der Waals surface area contributed by atoms with Crippen LogP contribution in [0.5, 0.6) is 0 Å². The van der Waals surface area contributed by atoms with Crippen LogP contribution in [0.3, 0.4) is 0 Å². The molecule has 1 atom stereocenters. The van der Waals surface area contributed by atoms with Gasteiger partial charge in [-0.1, -0.05) is 24.3 Å². The number of amides is 1. The van der Waals surface area contributed by atoms with Crippen molar-refractivity contribution in [1.82, 2.24) is 5.32 Å². The summed E-state index contributed by atoms with van der Waals surface area (Å²) in [6, 6.07) is 8.80. The first-order valence-corrected chi connectivity index (χ1v) is 11.1. The minimum atomic E-state index is 0.224. The number of carbonyl (C=O) groups is 1. The molecule has 0 heterocycles. The largest absolute Gasteiger partial charge is 0.352 e. The minimum Gasteiger partial charge on any atom is -0.352 e. The Hall–Kier alpha value is -0.960. The van der Waals surface area contributed by atoms with Gasteiger partial charge in [0.2, 0.25) is 5.91 Å². The van der Waals surface area contributed by atoms with Crippen molar-refractivity contribution in [3.8, 4) is 0 Å². The highest BCUT2D eigenvalue weighted by Crippen LogP contribution is 2.61. The maximum absolute atomic E-state index is 12.5. The summed E-state index contributed by atoms with van der Waals surface area (Å²) in [5.74, 6) is 4.56. The summed E-state index contributed by atoms with van der Waals surface area (Å²) in [5.41, 5.74) is 3.07. The van der Waals surface area contributed by atoms with E-state index in [4.69, 9.17) is 0 Å². The lowest BCUT2D eigenvalue weighted by molar-refractivity contribution is -0.123. The van der Waals surface area contributed by atoms with Crippen LogP contribution in [0.1, 0.15) is 56.6 Å². The number of nitrogens with one attached hydrogen (secondary N) is 1. The second kappa shape index (κ2) is 6.98. The summed E-state index contributed by atoms with van der Waals surface area (Å²) in [6.45, 7) is 4.42. The first kappa shape index (κ1) is 17.5.